The SMILES string of the molecule is CCCCc1ccc(N=Cc2cc([N+](=O)[O-])ccc2O)cc1. The maximum atomic E-state index is 10.7. The molecule has 0 amide bonds. The van der Waals surface area contributed by atoms with E-state index < -0.39 is 4.92 Å². The van der Waals surface area contributed by atoms with Gasteiger partial charge in [0, 0.05) is 23.9 Å². The quantitative estimate of drug-likeness (QED) is 0.488. The van der Waals surface area contributed by atoms with E-state index in [1.54, 1.807) is 0 Å². The lowest BCUT2D eigenvalue weighted by Crippen LogP contribution is -1.90. The summed E-state index contributed by atoms with van der Waals surface area (Å²) >= 11 is 0. The summed E-state index contributed by atoms with van der Waals surface area (Å²) in [5.41, 5.74) is 2.25. The van der Waals surface area contributed by atoms with Crippen LogP contribution in [0.15, 0.2) is 47.5 Å². The van der Waals surface area contributed by atoms with Crippen LogP contribution in [0.4, 0.5) is 11.4 Å². The molecule has 2 aromatic carbocycles. The number of hydrogen-bond acceptors (Lipinski definition) is 4. The third-order valence-corrected chi connectivity index (χ3v) is 3.33. The average Bonchev–Trinajstić information content (AvgIpc) is 2.53. The molecule has 2 aromatic rings. The molecule has 2 rings (SSSR count). The van der Waals surface area contributed by atoms with Gasteiger partial charge in [-0.15, -0.1) is 0 Å². The first-order valence-corrected chi connectivity index (χ1v) is 7.20. The van der Waals surface area contributed by atoms with Crippen molar-refractivity contribution in [1.82, 2.24) is 0 Å². The summed E-state index contributed by atoms with van der Waals surface area (Å²) in [6.45, 7) is 2.16. The number of nitro groups is 1. The van der Waals surface area contributed by atoms with Crippen molar-refractivity contribution in [3.05, 3.63) is 63.7 Å². The van der Waals surface area contributed by atoms with E-state index in [-0.39, 0.29) is 11.4 Å². The van der Waals surface area contributed by atoms with Crippen LogP contribution in [0.1, 0.15) is 30.9 Å². The van der Waals surface area contributed by atoms with Gasteiger partial charge >= 0.3 is 0 Å². The van der Waals surface area contributed by atoms with Gasteiger partial charge < -0.3 is 5.11 Å². The molecule has 0 bridgehead atoms. The highest BCUT2D eigenvalue weighted by Crippen LogP contribution is 2.22. The molecule has 0 fully saturated rings. The Morgan fingerprint density at radius 1 is 1.23 bits per heavy atom. The van der Waals surface area contributed by atoms with Crippen molar-refractivity contribution >= 4 is 17.6 Å². The molecule has 0 aromatic heterocycles. The fourth-order valence-corrected chi connectivity index (χ4v) is 2.03. The lowest BCUT2D eigenvalue weighted by Gasteiger charge is -2.01. The first-order valence-electron chi connectivity index (χ1n) is 7.20. The Hall–Kier alpha value is -2.69. The smallest absolute Gasteiger partial charge is 0.270 e. The normalized spacial score (nSPS) is 11.0. The van der Waals surface area contributed by atoms with Gasteiger partial charge in [0.2, 0.25) is 0 Å². The molecule has 0 unspecified atom stereocenters. The van der Waals surface area contributed by atoms with E-state index in [1.807, 2.05) is 24.3 Å². The number of aliphatic imine (C=N–C) groups is 1. The van der Waals surface area contributed by atoms with Crippen molar-refractivity contribution in [2.45, 2.75) is 26.2 Å². The molecule has 0 saturated carbocycles. The monoisotopic (exact) mass is 298 g/mol. The van der Waals surface area contributed by atoms with Gasteiger partial charge in [0.05, 0.1) is 10.6 Å². The van der Waals surface area contributed by atoms with Crippen molar-refractivity contribution < 1.29 is 10.0 Å². The maximum absolute atomic E-state index is 10.7. The highest BCUT2D eigenvalue weighted by molar-refractivity contribution is 5.86. The Labute approximate surface area is 129 Å². The van der Waals surface area contributed by atoms with Crippen LogP contribution in [-0.2, 0) is 6.42 Å². The van der Waals surface area contributed by atoms with Crippen molar-refractivity contribution in [1.29, 1.82) is 0 Å². The topological polar surface area (TPSA) is 75.7 Å². The standard InChI is InChI=1S/C17H18N2O3/c1-2-3-4-13-5-7-15(8-6-13)18-12-14-11-16(19(21)22)9-10-17(14)20/h5-12,20H,2-4H2,1H3. The second kappa shape index (κ2) is 7.36. The molecule has 0 aliphatic heterocycles. The largest absolute Gasteiger partial charge is 0.507 e. The molecule has 0 spiro atoms. The number of phenolic OH excluding ortho intramolecular Hbond substituents is 1. The van der Waals surface area contributed by atoms with Gasteiger partial charge in [-0.05, 0) is 36.6 Å². The molecule has 114 valence electrons. The lowest BCUT2D eigenvalue weighted by atomic mass is 10.1. The third kappa shape index (κ3) is 4.15. The highest BCUT2D eigenvalue weighted by Gasteiger charge is 2.08. The molecule has 0 saturated heterocycles. The fraction of sp³-hybridized carbons (Fsp3) is 0.235. The summed E-state index contributed by atoms with van der Waals surface area (Å²) < 4.78 is 0. The van der Waals surface area contributed by atoms with Gasteiger partial charge in [-0.25, -0.2) is 0 Å². The summed E-state index contributed by atoms with van der Waals surface area (Å²) in [4.78, 5) is 14.5. The molecule has 5 nitrogen and oxygen atoms in total. The van der Waals surface area contributed by atoms with Crippen LogP contribution >= 0.6 is 0 Å². The number of aryl methyl sites for hydroxylation is 1. The van der Waals surface area contributed by atoms with E-state index >= 15 is 0 Å². The average molecular weight is 298 g/mol. The zero-order valence-corrected chi connectivity index (χ0v) is 12.4. The van der Waals surface area contributed by atoms with E-state index in [0.717, 1.165) is 24.9 Å². The van der Waals surface area contributed by atoms with Crippen molar-refractivity contribution in [2.24, 2.45) is 4.99 Å². The minimum Gasteiger partial charge on any atom is -0.507 e. The number of hydrogen-bond donors (Lipinski definition) is 1. The lowest BCUT2D eigenvalue weighted by molar-refractivity contribution is -0.384. The minimum absolute atomic E-state index is 0.0334. The molecular weight excluding hydrogens is 280 g/mol. The number of aromatic hydroxyl groups is 1. The molecular formula is C17H18N2O3. The predicted molar refractivity (Wildman–Crippen MR) is 87.1 cm³/mol. The number of unbranched alkanes of at least 4 members (excludes halogenated alkanes) is 1. The van der Waals surface area contributed by atoms with Gasteiger partial charge in [0.25, 0.3) is 5.69 Å². The van der Waals surface area contributed by atoms with Crippen LogP contribution in [-0.4, -0.2) is 16.2 Å². The zero-order chi connectivity index (χ0) is 15.9. The van der Waals surface area contributed by atoms with Crippen LogP contribution in [0.3, 0.4) is 0 Å². The number of non-ortho nitro benzene ring substituents is 1. The molecule has 0 radical (unpaired) electrons. The summed E-state index contributed by atoms with van der Waals surface area (Å²) in [6.07, 6.45) is 4.80. The van der Waals surface area contributed by atoms with Crippen LogP contribution in [0.25, 0.3) is 0 Å². The molecule has 0 aliphatic rings. The first kappa shape index (κ1) is 15.7. The van der Waals surface area contributed by atoms with Gasteiger partial charge in [-0.3, -0.25) is 15.1 Å². The van der Waals surface area contributed by atoms with Crippen molar-refractivity contribution in [2.75, 3.05) is 0 Å². The van der Waals surface area contributed by atoms with Gasteiger partial charge in [-0.1, -0.05) is 25.5 Å². The molecule has 0 heterocycles. The molecule has 0 aliphatic carbocycles. The van der Waals surface area contributed by atoms with Crippen molar-refractivity contribution in [3.8, 4) is 5.75 Å². The number of rotatable bonds is 6. The molecule has 22 heavy (non-hydrogen) atoms. The predicted octanol–water partition coefficient (Wildman–Crippen LogP) is 4.39. The van der Waals surface area contributed by atoms with Crippen LogP contribution < -0.4 is 0 Å². The van der Waals surface area contributed by atoms with E-state index in [4.69, 9.17) is 0 Å². The fourth-order valence-electron chi connectivity index (χ4n) is 2.03. The van der Waals surface area contributed by atoms with Crippen LogP contribution in [0, 0.1) is 10.1 Å². The Balaban J connectivity index is 2.14. The van der Waals surface area contributed by atoms with E-state index in [1.165, 1.54) is 30.0 Å². The second-order valence-electron chi connectivity index (χ2n) is 5.03. The van der Waals surface area contributed by atoms with Crippen molar-refractivity contribution in [3.63, 3.8) is 0 Å². The summed E-state index contributed by atoms with van der Waals surface area (Å²) in [5, 5.41) is 20.5. The third-order valence-electron chi connectivity index (χ3n) is 3.33. The maximum Gasteiger partial charge on any atom is 0.270 e. The van der Waals surface area contributed by atoms with E-state index in [2.05, 4.69) is 11.9 Å². The Morgan fingerprint density at radius 3 is 2.59 bits per heavy atom. The highest BCUT2D eigenvalue weighted by atomic mass is 16.6. The van der Waals surface area contributed by atoms with Gasteiger partial charge in [0.15, 0.2) is 0 Å². The minimum atomic E-state index is -0.501. The molecule has 0 atom stereocenters. The number of nitro benzene ring substituents is 1. The Bertz CT molecular complexity index is 679. The van der Waals surface area contributed by atoms with E-state index in [0.29, 0.717) is 5.56 Å². The number of nitrogens with zero attached hydrogens (tertiary/aromatic N) is 2. The number of phenols is 1. The zero-order valence-electron chi connectivity index (χ0n) is 12.4. The van der Waals surface area contributed by atoms with Crippen LogP contribution in [0.2, 0.25) is 0 Å². The van der Waals surface area contributed by atoms with E-state index in [9.17, 15) is 15.2 Å². The second-order valence-corrected chi connectivity index (χ2v) is 5.03. The molecule has 1 N–H and O–H groups in total. The Morgan fingerprint density at radius 2 is 1.95 bits per heavy atom. The number of benzene rings is 2. The Kier molecular flexibility index (Phi) is 5.25. The summed E-state index contributed by atoms with van der Waals surface area (Å²) in [7, 11) is 0. The molecule has 5 heteroatoms. The van der Waals surface area contributed by atoms with Gasteiger partial charge in [-0.2, -0.15) is 0 Å². The van der Waals surface area contributed by atoms with Crippen LogP contribution in [0.5, 0.6) is 5.75 Å². The summed E-state index contributed by atoms with van der Waals surface area (Å²) in [5.74, 6) is -0.0334. The first-order chi connectivity index (χ1) is 10.6. The summed E-state index contributed by atoms with van der Waals surface area (Å²) in [6, 6.07) is 11.7. The van der Waals surface area contributed by atoms with Gasteiger partial charge in [0.1, 0.15) is 5.75 Å².